The van der Waals surface area contributed by atoms with Gasteiger partial charge in [-0.1, -0.05) is 219 Å². The molecule has 0 radical (unpaired) electrons. The van der Waals surface area contributed by atoms with E-state index in [-0.39, 0.29) is 36.2 Å². The van der Waals surface area contributed by atoms with E-state index in [9.17, 15) is 19.5 Å². The Balaban J connectivity index is 4.19. The molecule has 0 fully saturated rings. The first-order valence-corrected chi connectivity index (χ1v) is 26.7. The molecule has 2 unspecified atom stereocenters. The highest BCUT2D eigenvalue weighted by atomic mass is 16.6. The van der Waals surface area contributed by atoms with Gasteiger partial charge in [0.2, 0.25) is 0 Å². The zero-order valence-electron chi connectivity index (χ0n) is 41.9. The van der Waals surface area contributed by atoms with E-state index in [1.54, 1.807) is 0 Å². The molecule has 62 heavy (non-hydrogen) atoms. The van der Waals surface area contributed by atoms with Crippen LogP contribution in [0.3, 0.4) is 0 Å². The number of quaternary nitrogens is 1. The number of esters is 2. The van der Waals surface area contributed by atoms with E-state index in [0.717, 1.165) is 38.5 Å². The molecule has 0 amide bonds. The molecular formula is C54H104NO7+. The van der Waals surface area contributed by atoms with Crippen molar-refractivity contribution in [2.24, 2.45) is 0 Å². The average molecular weight is 879 g/mol. The van der Waals surface area contributed by atoms with Crippen molar-refractivity contribution < 1.29 is 38.2 Å². The van der Waals surface area contributed by atoms with Crippen molar-refractivity contribution in [3.8, 4) is 0 Å². The third-order valence-corrected chi connectivity index (χ3v) is 12.4. The van der Waals surface area contributed by atoms with Crippen LogP contribution in [-0.4, -0.2) is 80.6 Å². The summed E-state index contributed by atoms with van der Waals surface area (Å²) in [6, 6.07) is -0.611. The van der Waals surface area contributed by atoms with Crippen LogP contribution in [0.15, 0.2) is 12.2 Å². The van der Waals surface area contributed by atoms with Crippen molar-refractivity contribution in [1.29, 1.82) is 0 Å². The van der Waals surface area contributed by atoms with Crippen molar-refractivity contribution >= 4 is 17.9 Å². The van der Waals surface area contributed by atoms with Gasteiger partial charge in [0.1, 0.15) is 6.61 Å². The van der Waals surface area contributed by atoms with E-state index in [1.807, 2.05) is 21.1 Å². The summed E-state index contributed by atoms with van der Waals surface area (Å²) in [7, 11) is 5.55. The van der Waals surface area contributed by atoms with Crippen LogP contribution in [0.2, 0.25) is 0 Å². The molecule has 0 bridgehead atoms. The van der Waals surface area contributed by atoms with E-state index in [2.05, 4.69) is 26.0 Å². The summed E-state index contributed by atoms with van der Waals surface area (Å²) in [6.45, 7) is 4.79. The van der Waals surface area contributed by atoms with Gasteiger partial charge >= 0.3 is 17.9 Å². The van der Waals surface area contributed by atoms with Crippen LogP contribution in [0.5, 0.6) is 0 Å². The molecule has 0 rings (SSSR count). The number of unbranched alkanes of at least 4 members (excludes halogenated alkanes) is 33. The first-order chi connectivity index (χ1) is 30.1. The average Bonchev–Trinajstić information content (AvgIpc) is 3.23. The van der Waals surface area contributed by atoms with Gasteiger partial charge in [0.25, 0.3) is 0 Å². The Hall–Kier alpha value is -1.93. The lowest BCUT2D eigenvalue weighted by Gasteiger charge is -2.31. The quantitative estimate of drug-likeness (QED) is 0.0281. The summed E-state index contributed by atoms with van der Waals surface area (Å²) in [5, 5.41) is 9.66. The summed E-state index contributed by atoms with van der Waals surface area (Å²) >= 11 is 0. The number of carbonyl (C=O) groups is 3. The Bertz CT molecular complexity index is 1020. The smallest absolute Gasteiger partial charge is 0.362 e. The lowest BCUT2D eigenvalue weighted by Crippen LogP contribution is -2.50. The summed E-state index contributed by atoms with van der Waals surface area (Å²) in [4.78, 5) is 37.2. The van der Waals surface area contributed by atoms with Gasteiger partial charge < -0.3 is 23.8 Å². The third kappa shape index (κ3) is 43.3. The number of hydrogen-bond acceptors (Lipinski definition) is 6. The van der Waals surface area contributed by atoms with E-state index >= 15 is 0 Å². The van der Waals surface area contributed by atoms with Crippen molar-refractivity contribution in [2.45, 2.75) is 276 Å². The van der Waals surface area contributed by atoms with Crippen LogP contribution in [0.1, 0.15) is 264 Å². The van der Waals surface area contributed by atoms with Crippen molar-refractivity contribution in [1.82, 2.24) is 0 Å². The zero-order chi connectivity index (χ0) is 45.6. The SMILES string of the molecule is CCCCCCCCCCC/C=C/CCCCCCCCCC(=O)OCC(COCCC(C(=O)O)[N+](C)(C)C)OC(=O)CCCCCCCCCCCCCCCCCCCC. The molecule has 0 aliphatic carbocycles. The van der Waals surface area contributed by atoms with Crippen LogP contribution in [0.25, 0.3) is 0 Å². The van der Waals surface area contributed by atoms with Crippen LogP contribution in [0, 0.1) is 0 Å². The molecule has 0 aromatic heterocycles. The molecule has 0 aromatic carbocycles. The summed E-state index contributed by atoms with van der Waals surface area (Å²) < 4.78 is 17.4. The number of aliphatic carboxylic acids is 1. The Morgan fingerprint density at radius 1 is 0.468 bits per heavy atom. The molecule has 8 heteroatoms. The van der Waals surface area contributed by atoms with Crippen molar-refractivity contribution in [3.05, 3.63) is 12.2 Å². The fourth-order valence-electron chi connectivity index (χ4n) is 8.27. The lowest BCUT2D eigenvalue weighted by molar-refractivity contribution is -0.887. The Morgan fingerprint density at radius 3 is 1.16 bits per heavy atom. The minimum absolute atomic E-state index is 0.0466. The standard InChI is InChI=1S/C54H103NO7/c1-6-8-10-12-14-16-18-20-22-24-26-27-29-30-32-34-36-38-40-42-44-52(56)61-49-50(48-60-47-46-51(54(58)59)55(3,4)5)62-53(57)45-43-41-39-37-35-33-31-28-25-23-21-19-17-15-13-11-9-7-2/h26-27,50-51H,6-25,28-49H2,1-5H3/p+1/b27-26+. The highest BCUT2D eigenvalue weighted by molar-refractivity contribution is 5.72. The van der Waals surface area contributed by atoms with Gasteiger partial charge in [-0.3, -0.25) is 9.59 Å². The van der Waals surface area contributed by atoms with Crippen molar-refractivity contribution in [2.75, 3.05) is 41.0 Å². The number of ether oxygens (including phenoxy) is 3. The molecule has 0 aliphatic rings. The van der Waals surface area contributed by atoms with E-state index in [1.165, 1.54) is 193 Å². The monoisotopic (exact) mass is 879 g/mol. The number of carbonyl (C=O) groups excluding carboxylic acids is 2. The molecule has 0 aromatic rings. The Labute approximate surface area is 384 Å². The molecule has 0 saturated heterocycles. The largest absolute Gasteiger partial charge is 0.477 e. The van der Waals surface area contributed by atoms with Gasteiger partial charge in [-0.2, -0.15) is 0 Å². The Kier molecular flexibility index (Phi) is 44.2. The van der Waals surface area contributed by atoms with Crippen LogP contribution >= 0.6 is 0 Å². The fourth-order valence-corrected chi connectivity index (χ4v) is 8.27. The van der Waals surface area contributed by atoms with Gasteiger partial charge in [0.15, 0.2) is 12.1 Å². The van der Waals surface area contributed by atoms with Crippen molar-refractivity contribution in [3.63, 3.8) is 0 Å². The maximum absolute atomic E-state index is 12.8. The number of allylic oxidation sites excluding steroid dienone is 2. The molecular weight excluding hydrogens is 775 g/mol. The minimum Gasteiger partial charge on any atom is -0.477 e. The van der Waals surface area contributed by atoms with Gasteiger partial charge in [0, 0.05) is 19.3 Å². The van der Waals surface area contributed by atoms with Gasteiger partial charge in [-0.15, -0.1) is 0 Å². The first kappa shape index (κ1) is 60.1. The van der Waals surface area contributed by atoms with Gasteiger partial charge in [-0.25, -0.2) is 4.79 Å². The normalized spacial score (nSPS) is 12.9. The van der Waals surface area contributed by atoms with Crippen LogP contribution < -0.4 is 0 Å². The maximum atomic E-state index is 12.8. The van der Waals surface area contributed by atoms with E-state index < -0.39 is 18.1 Å². The first-order valence-electron chi connectivity index (χ1n) is 26.7. The fraction of sp³-hybridized carbons (Fsp3) is 0.907. The Morgan fingerprint density at radius 2 is 0.806 bits per heavy atom. The third-order valence-electron chi connectivity index (χ3n) is 12.4. The second-order valence-electron chi connectivity index (χ2n) is 19.5. The van der Waals surface area contributed by atoms with Gasteiger partial charge in [0.05, 0.1) is 34.4 Å². The predicted octanol–water partition coefficient (Wildman–Crippen LogP) is 15.4. The predicted molar refractivity (Wildman–Crippen MR) is 262 cm³/mol. The second kappa shape index (κ2) is 45.6. The molecule has 0 spiro atoms. The maximum Gasteiger partial charge on any atom is 0.362 e. The summed E-state index contributed by atoms with van der Waals surface area (Å²) in [5.74, 6) is -1.45. The number of rotatable bonds is 49. The second-order valence-corrected chi connectivity index (χ2v) is 19.5. The highest BCUT2D eigenvalue weighted by Gasteiger charge is 2.31. The highest BCUT2D eigenvalue weighted by Crippen LogP contribution is 2.17. The number of hydrogen-bond donors (Lipinski definition) is 1. The molecule has 8 nitrogen and oxygen atoms in total. The van der Waals surface area contributed by atoms with E-state index in [0.29, 0.717) is 19.3 Å². The number of carboxylic acids is 1. The number of nitrogens with zero attached hydrogens (tertiary/aromatic N) is 1. The minimum atomic E-state index is -0.871. The summed E-state index contributed by atoms with van der Waals surface area (Å²) in [5.41, 5.74) is 0. The molecule has 0 heterocycles. The molecule has 0 aliphatic heterocycles. The lowest BCUT2D eigenvalue weighted by atomic mass is 10.0. The topological polar surface area (TPSA) is 99.1 Å². The number of likely N-dealkylation sites (N-methyl/N-ethyl adjacent to an activating group) is 1. The van der Waals surface area contributed by atoms with E-state index in [4.69, 9.17) is 14.2 Å². The summed E-state index contributed by atoms with van der Waals surface area (Å²) in [6.07, 6.45) is 51.2. The molecule has 0 saturated carbocycles. The van der Waals surface area contributed by atoms with Crippen LogP contribution in [0.4, 0.5) is 0 Å². The van der Waals surface area contributed by atoms with Crippen LogP contribution in [-0.2, 0) is 28.6 Å². The zero-order valence-corrected chi connectivity index (χ0v) is 41.9. The molecule has 1 N–H and O–H groups in total. The number of carboxylic acid groups (broad SMARTS) is 1. The van der Waals surface area contributed by atoms with Gasteiger partial charge in [-0.05, 0) is 38.5 Å². The molecule has 2 atom stereocenters. The molecule has 366 valence electrons.